The van der Waals surface area contributed by atoms with E-state index in [9.17, 15) is 4.79 Å². The predicted molar refractivity (Wildman–Crippen MR) is 83.7 cm³/mol. The minimum Gasteiger partial charge on any atom is -0.486 e. The van der Waals surface area contributed by atoms with Gasteiger partial charge < -0.3 is 20.5 Å². The van der Waals surface area contributed by atoms with Crippen LogP contribution in [0.4, 0.5) is 5.69 Å². The zero-order chi connectivity index (χ0) is 14.9. The minimum absolute atomic E-state index is 0.00229. The van der Waals surface area contributed by atoms with Gasteiger partial charge in [-0.15, -0.1) is 0 Å². The summed E-state index contributed by atoms with van der Waals surface area (Å²) in [5.41, 5.74) is 6.51. The lowest BCUT2D eigenvalue weighted by Gasteiger charge is -2.40. The van der Waals surface area contributed by atoms with E-state index in [1.54, 1.807) is 6.07 Å². The summed E-state index contributed by atoms with van der Waals surface area (Å²) in [6.07, 6.45) is 3.72. The fourth-order valence-electron chi connectivity index (χ4n) is 2.82. The van der Waals surface area contributed by atoms with Crippen LogP contribution in [0.1, 0.15) is 25.7 Å². The van der Waals surface area contributed by atoms with Gasteiger partial charge in [0.05, 0.1) is 5.69 Å². The summed E-state index contributed by atoms with van der Waals surface area (Å²) in [5, 5.41) is 2.94. The molecule has 1 saturated carbocycles. The van der Waals surface area contributed by atoms with E-state index in [1.165, 1.54) is 0 Å². The molecule has 0 saturated heterocycles. The highest BCUT2D eigenvalue weighted by molar-refractivity contribution is 9.10. The summed E-state index contributed by atoms with van der Waals surface area (Å²) in [6.45, 7) is 1.64. The van der Waals surface area contributed by atoms with E-state index in [1.807, 2.05) is 6.07 Å². The predicted octanol–water partition coefficient (Wildman–Crippen LogP) is 2.68. The Morgan fingerprint density at radius 2 is 1.95 bits per heavy atom. The molecule has 1 heterocycles. The molecular weight excluding hydrogens is 336 g/mol. The van der Waals surface area contributed by atoms with Gasteiger partial charge in [-0.05, 0) is 40.7 Å². The number of ether oxygens (including phenoxy) is 2. The summed E-state index contributed by atoms with van der Waals surface area (Å²) < 4.78 is 11.8. The average molecular weight is 355 g/mol. The van der Waals surface area contributed by atoms with Gasteiger partial charge in [-0.3, -0.25) is 4.79 Å². The Morgan fingerprint density at radius 3 is 2.52 bits per heavy atom. The molecule has 1 aliphatic carbocycles. The number of carbonyl (C=O) groups excluding carboxylic acids is 1. The third-order valence-corrected chi connectivity index (χ3v) is 4.94. The van der Waals surface area contributed by atoms with Crippen LogP contribution in [-0.4, -0.2) is 25.7 Å². The van der Waals surface area contributed by atoms with Gasteiger partial charge in [0.15, 0.2) is 11.5 Å². The molecule has 0 unspecified atom stereocenters. The van der Waals surface area contributed by atoms with E-state index in [0.717, 1.165) is 23.7 Å². The number of carbonyl (C=O) groups is 1. The zero-order valence-electron chi connectivity index (χ0n) is 11.8. The van der Waals surface area contributed by atoms with Crippen molar-refractivity contribution >= 4 is 27.5 Å². The molecular formula is C15H19BrN2O3. The zero-order valence-corrected chi connectivity index (χ0v) is 13.4. The lowest BCUT2D eigenvalue weighted by molar-refractivity contribution is -0.119. The van der Waals surface area contributed by atoms with Crippen molar-refractivity contribution in [2.75, 3.05) is 25.1 Å². The molecule has 3 N–H and O–H groups in total. The van der Waals surface area contributed by atoms with E-state index < -0.39 is 0 Å². The van der Waals surface area contributed by atoms with Crippen LogP contribution in [0.25, 0.3) is 0 Å². The summed E-state index contributed by atoms with van der Waals surface area (Å²) >= 11 is 3.46. The van der Waals surface area contributed by atoms with Crippen LogP contribution < -0.4 is 20.5 Å². The number of hydrogen-bond acceptors (Lipinski definition) is 4. The molecule has 0 atom stereocenters. The van der Waals surface area contributed by atoms with E-state index >= 15 is 0 Å². The molecule has 3 rings (SSSR count). The number of anilines is 1. The van der Waals surface area contributed by atoms with Crippen LogP contribution in [0.3, 0.4) is 0 Å². The van der Waals surface area contributed by atoms with Crippen molar-refractivity contribution in [2.24, 2.45) is 11.1 Å². The first-order valence-corrected chi connectivity index (χ1v) is 8.00. The number of benzene rings is 1. The normalized spacial score (nSPS) is 18.8. The molecule has 5 nitrogen and oxygen atoms in total. The van der Waals surface area contributed by atoms with Gasteiger partial charge in [-0.25, -0.2) is 0 Å². The van der Waals surface area contributed by atoms with Gasteiger partial charge in [0.25, 0.3) is 0 Å². The highest BCUT2D eigenvalue weighted by atomic mass is 79.9. The molecule has 1 aromatic rings. The third kappa shape index (κ3) is 3.01. The number of amides is 1. The third-order valence-electron chi connectivity index (χ3n) is 4.29. The van der Waals surface area contributed by atoms with E-state index in [4.69, 9.17) is 15.2 Å². The molecule has 6 heteroatoms. The van der Waals surface area contributed by atoms with E-state index in [-0.39, 0.29) is 11.3 Å². The Bertz CT molecular complexity index is 553. The number of nitrogens with two attached hydrogens (primary N) is 1. The summed E-state index contributed by atoms with van der Waals surface area (Å²) in [7, 11) is 0. The van der Waals surface area contributed by atoms with Crippen molar-refractivity contribution in [1.82, 2.24) is 0 Å². The van der Waals surface area contributed by atoms with Gasteiger partial charge >= 0.3 is 0 Å². The minimum atomic E-state index is -0.00229. The number of fused-ring (bicyclic) bond motifs is 1. The highest BCUT2D eigenvalue weighted by Crippen LogP contribution is 2.43. The Balaban J connectivity index is 1.71. The highest BCUT2D eigenvalue weighted by Gasteiger charge is 2.37. The molecule has 1 amide bonds. The molecule has 114 valence electrons. The maximum absolute atomic E-state index is 12.2. The number of hydrogen-bond donors (Lipinski definition) is 2. The Kier molecular flexibility index (Phi) is 4.08. The second-order valence-electron chi connectivity index (χ2n) is 5.76. The standard InChI is InChI=1S/C15H19BrN2O3/c16-10-6-12-13(21-5-4-20-12)7-11(10)18-14(19)8-15(9-17)2-1-3-15/h6-7H,1-5,8-9,17H2,(H,18,19). The largest absolute Gasteiger partial charge is 0.486 e. The van der Waals surface area contributed by atoms with Crippen molar-refractivity contribution in [3.8, 4) is 11.5 Å². The van der Waals surface area contributed by atoms with E-state index in [2.05, 4.69) is 21.2 Å². The smallest absolute Gasteiger partial charge is 0.225 e. The molecule has 21 heavy (non-hydrogen) atoms. The topological polar surface area (TPSA) is 73.6 Å². The lowest BCUT2D eigenvalue weighted by Crippen LogP contribution is -2.40. The summed E-state index contributed by atoms with van der Waals surface area (Å²) in [6, 6.07) is 3.62. The van der Waals surface area contributed by atoms with Gasteiger partial charge in [-0.2, -0.15) is 0 Å². The van der Waals surface area contributed by atoms with Crippen molar-refractivity contribution in [2.45, 2.75) is 25.7 Å². The van der Waals surface area contributed by atoms with Gasteiger partial charge in [0, 0.05) is 23.0 Å². The molecule has 1 fully saturated rings. The van der Waals surface area contributed by atoms with Crippen LogP contribution in [-0.2, 0) is 4.79 Å². The number of halogens is 1. The molecule has 1 aromatic carbocycles. The first-order valence-electron chi connectivity index (χ1n) is 7.21. The molecule has 0 radical (unpaired) electrons. The van der Waals surface area contributed by atoms with Crippen LogP contribution in [0, 0.1) is 5.41 Å². The van der Waals surface area contributed by atoms with Crippen molar-refractivity contribution in [1.29, 1.82) is 0 Å². The summed E-state index contributed by atoms with van der Waals surface area (Å²) in [4.78, 5) is 12.2. The monoisotopic (exact) mass is 354 g/mol. The molecule has 0 aromatic heterocycles. The second kappa shape index (κ2) is 5.85. The fourth-order valence-corrected chi connectivity index (χ4v) is 3.25. The Morgan fingerprint density at radius 1 is 1.29 bits per heavy atom. The van der Waals surface area contributed by atoms with Crippen molar-refractivity contribution in [3.63, 3.8) is 0 Å². The van der Waals surface area contributed by atoms with E-state index in [0.29, 0.717) is 43.4 Å². The Hall–Kier alpha value is -1.27. The van der Waals surface area contributed by atoms with Gasteiger partial charge in [-0.1, -0.05) is 6.42 Å². The number of nitrogens with one attached hydrogen (secondary N) is 1. The average Bonchev–Trinajstić information content (AvgIpc) is 2.44. The first-order chi connectivity index (χ1) is 10.1. The van der Waals surface area contributed by atoms with Crippen molar-refractivity contribution < 1.29 is 14.3 Å². The summed E-state index contributed by atoms with van der Waals surface area (Å²) in [5.74, 6) is 1.36. The SMILES string of the molecule is NCC1(CC(=O)Nc2cc3c(cc2Br)OCCO3)CCC1. The second-order valence-corrected chi connectivity index (χ2v) is 6.61. The van der Waals surface area contributed by atoms with Gasteiger partial charge in [0.1, 0.15) is 13.2 Å². The van der Waals surface area contributed by atoms with Crippen LogP contribution in [0.5, 0.6) is 11.5 Å². The fraction of sp³-hybridized carbons (Fsp3) is 0.533. The number of rotatable bonds is 4. The maximum atomic E-state index is 12.2. The van der Waals surface area contributed by atoms with Crippen LogP contribution in [0.2, 0.25) is 0 Å². The van der Waals surface area contributed by atoms with Crippen LogP contribution >= 0.6 is 15.9 Å². The maximum Gasteiger partial charge on any atom is 0.225 e. The molecule has 0 spiro atoms. The van der Waals surface area contributed by atoms with Crippen molar-refractivity contribution in [3.05, 3.63) is 16.6 Å². The Labute approximate surface area is 132 Å². The van der Waals surface area contributed by atoms with Crippen LogP contribution in [0.15, 0.2) is 16.6 Å². The molecule has 2 aliphatic rings. The lowest BCUT2D eigenvalue weighted by atomic mass is 9.66. The molecule has 0 bridgehead atoms. The molecule has 1 aliphatic heterocycles. The van der Waals surface area contributed by atoms with Gasteiger partial charge in [0.2, 0.25) is 5.91 Å². The quantitative estimate of drug-likeness (QED) is 0.871. The first kappa shape index (κ1) is 14.7.